The van der Waals surface area contributed by atoms with Crippen molar-refractivity contribution >= 4 is 7.12 Å². The van der Waals surface area contributed by atoms with Crippen molar-refractivity contribution in [1.82, 2.24) is 5.32 Å². The van der Waals surface area contributed by atoms with Gasteiger partial charge in [-0.1, -0.05) is 25.0 Å². The fourth-order valence-corrected chi connectivity index (χ4v) is 3.43. The molecule has 0 saturated heterocycles. The molecule has 1 atom stereocenters. The van der Waals surface area contributed by atoms with E-state index in [1.54, 1.807) is 12.1 Å². The summed E-state index contributed by atoms with van der Waals surface area (Å²) in [6.45, 7) is 2.63. The SMILES string of the molecule is CC(N)(CCCCB(O)O)C1CC(NCc2ccc(OC(F)(F)F)cc2)C1. The van der Waals surface area contributed by atoms with Crippen LogP contribution in [0.1, 0.15) is 44.6 Å². The van der Waals surface area contributed by atoms with E-state index in [-0.39, 0.29) is 11.3 Å². The van der Waals surface area contributed by atoms with Crippen LogP contribution in [-0.2, 0) is 6.54 Å². The lowest BCUT2D eigenvalue weighted by molar-refractivity contribution is -0.274. The first-order chi connectivity index (χ1) is 12.5. The summed E-state index contributed by atoms with van der Waals surface area (Å²) >= 11 is 0. The van der Waals surface area contributed by atoms with Crippen LogP contribution in [0.5, 0.6) is 5.75 Å². The number of nitrogens with one attached hydrogen (secondary N) is 1. The first kappa shape index (κ1) is 22.0. The summed E-state index contributed by atoms with van der Waals surface area (Å²) in [7, 11) is -1.25. The van der Waals surface area contributed by atoms with E-state index in [4.69, 9.17) is 15.8 Å². The summed E-state index contributed by atoms with van der Waals surface area (Å²) in [5.41, 5.74) is 7.04. The number of ether oxygens (including phenoxy) is 1. The molecule has 27 heavy (non-hydrogen) atoms. The van der Waals surface area contributed by atoms with Gasteiger partial charge in [-0.3, -0.25) is 0 Å². The van der Waals surface area contributed by atoms with Gasteiger partial charge in [0.15, 0.2) is 0 Å². The van der Waals surface area contributed by atoms with Gasteiger partial charge in [-0.05, 0) is 56.1 Å². The summed E-state index contributed by atoms with van der Waals surface area (Å²) in [5, 5.41) is 21.1. The van der Waals surface area contributed by atoms with Crippen molar-refractivity contribution < 1.29 is 28.0 Å². The van der Waals surface area contributed by atoms with Crippen LogP contribution in [0.25, 0.3) is 0 Å². The highest BCUT2D eigenvalue weighted by Crippen LogP contribution is 2.38. The lowest BCUT2D eigenvalue weighted by Crippen LogP contribution is -2.54. The molecule has 0 aliphatic heterocycles. The number of hydrogen-bond donors (Lipinski definition) is 4. The second-order valence-corrected chi connectivity index (χ2v) is 7.67. The minimum Gasteiger partial charge on any atom is -0.427 e. The third-order valence-electron chi connectivity index (χ3n) is 5.25. The van der Waals surface area contributed by atoms with Crippen molar-refractivity contribution in [2.45, 2.75) is 69.8 Å². The molecule has 0 amide bonds. The van der Waals surface area contributed by atoms with Crippen molar-refractivity contribution in [2.24, 2.45) is 11.7 Å². The third kappa shape index (κ3) is 7.69. The van der Waals surface area contributed by atoms with E-state index in [1.165, 1.54) is 12.1 Å². The minimum absolute atomic E-state index is 0.220. The first-order valence-electron chi connectivity index (χ1n) is 9.28. The highest BCUT2D eigenvalue weighted by atomic mass is 19.4. The third-order valence-corrected chi connectivity index (χ3v) is 5.25. The topological polar surface area (TPSA) is 87.7 Å². The molecule has 1 aliphatic carbocycles. The molecule has 0 radical (unpaired) electrons. The Morgan fingerprint density at radius 2 is 1.81 bits per heavy atom. The van der Waals surface area contributed by atoms with Crippen LogP contribution in [0.2, 0.25) is 6.32 Å². The average Bonchev–Trinajstić information content (AvgIpc) is 2.50. The molecule has 1 aliphatic rings. The second kappa shape index (κ2) is 9.27. The Hall–Kier alpha value is -1.29. The molecule has 2 rings (SSSR count). The molecule has 9 heteroatoms. The Labute approximate surface area is 158 Å². The number of rotatable bonds is 10. The largest absolute Gasteiger partial charge is 0.573 e. The van der Waals surface area contributed by atoms with Crippen LogP contribution < -0.4 is 15.8 Å². The Kier molecular flexibility index (Phi) is 7.56. The quantitative estimate of drug-likeness (QED) is 0.366. The van der Waals surface area contributed by atoms with Crippen LogP contribution >= 0.6 is 0 Å². The normalized spacial score (nSPS) is 22.0. The van der Waals surface area contributed by atoms with Gasteiger partial charge in [-0.25, -0.2) is 0 Å². The van der Waals surface area contributed by atoms with Crippen LogP contribution in [0, 0.1) is 5.92 Å². The molecule has 1 aromatic carbocycles. The number of hydrogen-bond acceptors (Lipinski definition) is 5. The van der Waals surface area contributed by atoms with Gasteiger partial charge in [0.25, 0.3) is 0 Å². The van der Waals surface area contributed by atoms with E-state index in [0.717, 1.165) is 37.7 Å². The van der Waals surface area contributed by atoms with Gasteiger partial charge in [0.1, 0.15) is 5.75 Å². The molecule has 152 valence electrons. The van der Waals surface area contributed by atoms with Crippen molar-refractivity contribution in [3.8, 4) is 5.75 Å². The van der Waals surface area contributed by atoms with Crippen LogP contribution in [0.15, 0.2) is 24.3 Å². The Morgan fingerprint density at radius 1 is 1.19 bits per heavy atom. The number of nitrogens with two attached hydrogens (primary N) is 1. The monoisotopic (exact) mass is 388 g/mol. The average molecular weight is 388 g/mol. The summed E-state index contributed by atoms with van der Waals surface area (Å²) < 4.78 is 40.3. The van der Waals surface area contributed by atoms with Gasteiger partial charge in [-0.15, -0.1) is 13.2 Å². The molecule has 5 nitrogen and oxygen atoms in total. The van der Waals surface area contributed by atoms with Gasteiger partial charge in [0.05, 0.1) is 0 Å². The Bertz CT molecular complexity index is 576. The van der Waals surface area contributed by atoms with E-state index in [9.17, 15) is 13.2 Å². The van der Waals surface area contributed by atoms with Gasteiger partial charge >= 0.3 is 13.5 Å². The zero-order valence-corrected chi connectivity index (χ0v) is 15.5. The summed E-state index contributed by atoms with van der Waals surface area (Å²) in [6, 6.07) is 6.21. The van der Waals surface area contributed by atoms with Gasteiger partial charge in [0.2, 0.25) is 0 Å². The molecule has 0 spiro atoms. The first-order valence-corrected chi connectivity index (χ1v) is 9.28. The van der Waals surface area contributed by atoms with E-state index >= 15 is 0 Å². The van der Waals surface area contributed by atoms with Crippen molar-refractivity contribution in [3.63, 3.8) is 0 Å². The molecule has 0 heterocycles. The summed E-state index contributed by atoms with van der Waals surface area (Å²) in [5.74, 6) is 0.194. The van der Waals surface area contributed by atoms with Crippen LogP contribution in [0.3, 0.4) is 0 Å². The van der Waals surface area contributed by atoms with E-state index < -0.39 is 13.5 Å². The summed E-state index contributed by atoms with van der Waals surface area (Å²) in [4.78, 5) is 0. The van der Waals surface area contributed by atoms with Crippen molar-refractivity contribution in [3.05, 3.63) is 29.8 Å². The number of benzene rings is 1. The highest BCUT2D eigenvalue weighted by molar-refractivity contribution is 6.40. The smallest absolute Gasteiger partial charge is 0.427 e. The lowest BCUT2D eigenvalue weighted by Gasteiger charge is -2.46. The molecular formula is C18H28BF3N2O3. The summed E-state index contributed by atoms with van der Waals surface area (Å²) in [6.07, 6.45) is 0.0806. The van der Waals surface area contributed by atoms with Crippen molar-refractivity contribution in [1.29, 1.82) is 0 Å². The van der Waals surface area contributed by atoms with E-state index in [1.807, 2.05) is 6.92 Å². The van der Waals surface area contributed by atoms with Gasteiger partial charge in [-0.2, -0.15) is 0 Å². The van der Waals surface area contributed by atoms with Crippen LogP contribution in [0.4, 0.5) is 13.2 Å². The maximum Gasteiger partial charge on any atom is 0.573 e. The maximum absolute atomic E-state index is 12.1. The second-order valence-electron chi connectivity index (χ2n) is 7.67. The number of alkyl halides is 3. The fourth-order valence-electron chi connectivity index (χ4n) is 3.43. The van der Waals surface area contributed by atoms with Crippen LogP contribution in [-0.4, -0.2) is 35.1 Å². The molecular weight excluding hydrogens is 360 g/mol. The molecule has 1 fully saturated rings. The molecule has 0 aromatic heterocycles. The van der Waals surface area contributed by atoms with E-state index in [2.05, 4.69) is 10.1 Å². The zero-order valence-electron chi connectivity index (χ0n) is 15.5. The predicted molar refractivity (Wildman–Crippen MR) is 97.9 cm³/mol. The Morgan fingerprint density at radius 3 is 2.37 bits per heavy atom. The molecule has 1 unspecified atom stereocenters. The molecule has 0 bridgehead atoms. The number of unbranched alkanes of at least 4 members (excludes halogenated alkanes) is 1. The lowest BCUT2D eigenvalue weighted by atomic mass is 9.67. The predicted octanol–water partition coefficient (Wildman–Crippen LogP) is 2.81. The molecule has 1 aromatic rings. The highest BCUT2D eigenvalue weighted by Gasteiger charge is 2.39. The Balaban J connectivity index is 1.66. The number of halogens is 3. The van der Waals surface area contributed by atoms with Crippen molar-refractivity contribution in [2.75, 3.05) is 0 Å². The van der Waals surface area contributed by atoms with E-state index in [0.29, 0.717) is 24.8 Å². The van der Waals surface area contributed by atoms with Gasteiger partial charge in [0, 0.05) is 18.1 Å². The fraction of sp³-hybridized carbons (Fsp3) is 0.667. The van der Waals surface area contributed by atoms with Gasteiger partial charge < -0.3 is 25.8 Å². The zero-order chi connectivity index (χ0) is 20.1. The standard InChI is InChI=1S/C18H28BF3N2O3/c1-17(23,8-2-3-9-19(25)26)14-10-15(11-14)24-12-13-4-6-16(7-5-13)27-18(20,21)22/h4-7,14-15,24-26H,2-3,8-12,23H2,1H3. The maximum atomic E-state index is 12.1. The molecule has 1 saturated carbocycles. The molecule has 5 N–H and O–H groups in total. The minimum atomic E-state index is -4.67.